The first kappa shape index (κ1) is 15.9. The Balaban J connectivity index is 2.58. The standard InChI is InChI=1S/C13H7F6NO2/c14-12(15,16)11-6-7(21)5-9(20-11)8-3-1-2-4-10(8)22-13(17,18)19/h1-6H,(H,20,21). The van der Waals surface area contributed by atoms with Crippen LogP contribution in [0.5, 0.6) is 5.75 Å². The molecule has 0 aliphatic heterocycles. The van der Waals surface area contributed by atoms with Crippen LogP contribution in [-0.2, 0) is 6.18 Å². The Labute approximate surface area is 119 Å². The number of benzene rings is 1. The molecular formula is C13H7F6NO2. The highest BCUT2D eigenvalue weighted by molar-refractivity contribution is 5.67. The molecule has 2 aromatic rings. The van der Waals surface area contributed by atoms with Crippen molar-refractivity contribution in [3.8, 4) is 17.0 Å². The Hall–Kier alpha value is -2.45. The Kier molecular flexibility index (Phi) is 3.90. The van der Waals surface area contributed by atoms with E-state index in [2.05, 4.69) is 4.74 Å². The Bertz CT molecular complexity index is 732. The molecule has 1 N–H and O–H groups in total. The average molecular weight is 323 g/mol. The van der Waals surface area contributed by atoms with Crippen LogP contribution >= 0.6 is 0 Å². The second-order valence-electron chi connectivity index (χ2n) is 4.19. The number of rotatable bonds is 2. The first-order valence-electron chi connectivity index (χ1n) is 5.73. The van der Waals surface area contributed by atoms with Gasteiger partial charge in [-0.2, -0.15) is 13.2 Å². The summed E-state index contributed by atoms with van der Waals surface area (Å²) in [4.78, 5) is 13.2. The number of H-pyrrole nitrogens is 1. The van der Waals surface area contributed by atoms with Gasteiger partial charge in [0.2, 0.25) is 0 Å². The lowest BCUT2D eigenvalue weighted by molar-refractivity contribution is -0.274. The Morgan fingerprint density at radius 2 is 1.59 bits per heavy atom. The molecule has 0 saturated heterocycles. The SMILES string of the molecule is O=c1cc(-c2ccccc2OC(F)(F)F)[nH]c(C(F)(F)F)c1. The van der Waals surface area contributed by atoms with Crippen LogP contribution in [-0.4, -0.2) is 11.3 Å². The van der Waals surface area contributed by atoms with Gasteiger partial charge in [0.05, 0.1) is 5.69 Å². The average Bonchev–Trinajstić information content (AvgIpc) is 2.35. The lowest BCUT2D eigenvalue weighted by atomic mass is 10.1. The molecule has 22 heavy (non-hydrogen) atoms. The predicted octanol–water partition coefficient (Wildman–Crippen LogP) is 3.96. The van der Waals surface area contributed by atoms with Gasteiger partial charge in [-0.1, -0.05) is 12.1 Å². The van der Waals surface area contributed by atoms with Crippen molar-refractivity contribution in [3.05, 3.63) is 52.3 Å². The molecule has 0 amide bonds. The van der Waals surface area contributed by atoms with E-state index in [1.165, 1.54) is 12.1 Å². The number of alkyl halides is 6. The third-order valence-electron chi connectivity index (χ3n) is 2.55. The van der Waals surface area contributed by atoms with Crippen LogP contribution in [0.4, 0.5) is 26.3 Å². The van der Waals surface area contributed by atoms with E-state index in [4.69, 9.17) is 0 Å². The van der Waals surface area contributed by atoms with Gasteiger partial charge in [0.25, 0.3) is 0 Å². The highest BCUT2D eigenvalue weighted by atomic mass is 19.4. The van der Waals surface area contributed by atoms with E-state index in [0.717, 1.165) is 18.2 Å². The number of halogens is 6. The van der Waals surface area contributed by atoms with Gasteiger partial charge in [0.15, 0.2) is 5.43 Å². The Morgan fingerprint density at radius 3 is 2.18 bits per heavy atom. The smallest absolute Gasteiger partial charge is 0.405 e. The van der Waals surface area contributed by atoms with Gasteiger partial charge in [-0.3, -0.25) is 4.79 Å². The largest absolute Gasteiger partial charge is 0.573 e. The van der Waals surface area contributed by atoms with Crippen molar-refractivity contribution in [1.29, 1.82) is 0 Å². The molecule has 1 aromatic heterocycles. The summed E-state index contributed by atoms with van der Waals surface area (Å²) in [5, 5.41) is 0. The molecule has 3 nitrogen and oxygen atoms in total. The zero-order chi connectivity index (χ0) is 16.5. The number of ether oxygens (including phenoxy) is 1. The Morgan fingerprint density at radius 1 is 0.955 bits per heavy atom. The number of aromatic nitrogens is 1. The maximum absolute atomic E-state index is 12.7. The third-order valence-corrected chi connectivity index (χ3v) is 2.55. The molecule has 0 unspecified atom stereocenters. The van der Waals surface area contributed by atoms with Crippen molar-refractivity contribution in [2.45, 2.75) is 12.5 Å². The van der Waals surface area contributed by atoms with Crippen LogP contribution in [0, 0.1) is 0 Å². The summed E-state index contributed by atoms with van der Waals surface area (Å²) in [7, 11) is 0. The van der Waals surface area contributed by atoms with Crippen molar-refractivity contribution in [3.63, 3.8) is 0 Å². The fourth-order valence-electron chi connectivity index (χ4n) is 1.74. The molecule has 1 heterocycles. The summed E-state index contributed by atoms with van der Waals surface area (Å²) in [6.45, 7) is 0. The van der Waals surface area contributed by atoms with E-state index in [1.807, 2.05) is 4.98 Å². The number of nitrogens with one attached hydrogen (secondary N) is 1. The van der Waals surface area contributed by atoms with Gasteiger partial charge in [-0.05, 0) is 12.1 Å². The molecule has 0 atom stereocenters. The van der Waals surface area contributed by atoms with Crippen molar-refractivity contribution in [1.82, 2.24) is 4.98 Å². The second-order valence-corrected chi connectivity index (χ2v) is 4.19. The molecule has 0 fully saturated rings. The van der Waals surface area contributed by atoms with Gasteiger partial charge in [0, 0.05) is 17.7 Å². The number of para-hydroxylation sites is 1. The van der Waals surface area contributed by atoms with E-state index < -0.39 is 35.1 Å². The lowest BCUT2D eigenvalue weighted by Crippen LogP contribution is -2.18. The fourth-order valence-corrected chi connectivity index (χ4v) is 1.74. The molecule has 0 aliphatic carbocycles. The zero-order valence-corrected chi connectivity index (χ0v) is 10.5. The van der Waals surface area contributed by atoms with Crippen LogP contribution in [0.3, 0.4) is 0 Å². The minimum absolute atomic E-state index is 0.316. The molecule has 0 saturated carbocycles. The van der Waals surface area contributed by atoms with E-state index in [9.17, 15) is 31.1 Å². The first-order valence-corrected chi connectivity index (χ1v) is 5.73. The summed E-state index contributed by atoms with van der Waals surface area (Å²) >= 11 is 0. The number of aromatic amines is 1. The monoisotopic (exact) mass is 323 g/mol. The van der Waals surface area contributed by atoms with Gasteiger partial charge < -0.3 is 9.72 Å². The van der Waals surface area contributed by atoms with Crippen molar-refractivity contribution in [2.24, 2.45) is 0 Å². The van der Waals surface area contributed by atoms with Gasteiger partial charge in [-0.25, -0.2) is 0 Å². The molecule has 0 aliphatic rings. The summed E-state index contributed by atoms with van der Waals surface area (Å²) in [6.07, 6.45) is -9.85. The van der Waals surface area contributed by atoms with Crippen LogP contribution in [0.25, 0.3) is 11.3 Å². The summed E-state index contributed by atoms with van der Waals surface area (Å²) in [5.74, 6) is -0.718. The topological polar surface area (TPSA) is 42.1 Å². The summed E-state index contributed by atoms with van der Waals surface area (Å²) < 4.78 is 78.6. The van der Waals surface area contributed by atoms with E-state index >= 15 is 0 Å². The minimum atomic E-state index is -5.02. The number of pyridine rings is 1. The number of hydrogen-bond acceptors (Lipinski definition) is 2. The fraction of sp³-hybridized carbons (Fsp3) is 0.154. The lowest BCUT2D eigenvalue weighted by Gasteiger charge is -2.14. The van der Waals surface area contributed by atoms with Gasteiger partial charge in [-0.15, -0.1) is 13.2 Å². The predicted molar refractivity (Wildman–Crippen MR) is 64.2 cm³/mol. The molecule has 0 radical (unpaired) electrons. The normalized spacial score (nSPS) is 12.3. The van der Waals surface area contributed by atoms with Crippen molar-refractivity contribution < 1.29 is 31.1 Å². The van der Waals surface area contributed by atoms with E-state index in [1.54, 1.807) is 0 Å². The minimum Gasteiger partial charge on any atom is -0.405 e. The van der Waals surface area contributed by atoms with Gasteiger partial charge >= 0.3 is 12.5 Å². The van der Waals surface area contributed by atoms with Crippen LogP contribution < -0.4 is 10.2 Å². The highest BCUT2D eigenvalue weighted by Crippen LogP contribution is 2.34. The quantitative estimate of drug-likeness (QED) is 0.850. The first-order chi connectivity index (χ1) is 10.1. The van der Waals surface area contributed by atoms with Crippen molar-refractivity contribution in [2.75, 3.05) is 0 Å². The molecule has 0 spiro atoms. The van der Waals surface area contributed by atoms with Crippen LogP contribution in [0.15, 0.2) is 41.2 Å². The molecule has 118 valence electrons. The van der Waals surface area contributed by atoms with Crippen molar-refractivity contribution >= 4 is 0 Å². The van der Waals surface area contributed by atoms with Gasteiger partial charge in [0.1, 0.15) is 11.4 Å². The van der Waals surface area contributed by atoms with Crippen LogP contribution in [0.1, 0.15) is 5.69 Å². The maximum Gasteiger partial charge on any atom is 0.573 e. The molecule has 9 heteroatoms. The molecule has 1 aromatic carbocycles. The number of hydrogen-bond donors (Lipinski definition) is 1. The maximum atomic E-state index is 12.7. The van der Waals surface area contributed by atoms with Crippen LogP contribution in [0.2, 0.25) is 0 Å². The second kappa shape index (κ2) is 5.39. The van der Waals surface area contributed by atoms with E-state index in [0.29, 0.717) is 6.07 Å². The van der Waals surface area contributed by atoms with E-state index in [-0.39, 0.29) is 5.56 Å². The molecule has 0 bridgehead atoms. The highest BCUT2D eigenvalue weighted by Gasteiger charge is 2.34. The summed E-state index contributed by atoms with van der Waals surface area (Å²) in [5.41, 5.74) is -3.11. The molecular weight excluding hydrogens is 316 g/mol. The zero-order valence-electron chi connectivity index (χ0n) is 10.5. The summed E-state index contributed by atoms with van der Waals surface area (Å²) in [6, 6.07) is 5.63. The molecule has 2 rings (SSSR count). The third kappa shape index (κ3) is 3.80.